The largest absolute Gasteiger partial charge is 0.481 e. The number of hydrogen-bond donors (Lipinski definition) is 4. The Balaban J connectivity index is 0.00000441. The second kappa shape index (κ2) is 7.95. The quantitative estimate of drug-likeness (QED) is 0.412. The van der Waals surface area contributed by atoms with Crippen LogP contribution >= 0.6 is 0 Å². The van der Waals surface area contributed by atoms with Gasteiger partial charge in [-0.05, 0) is 13.0 Å². The monoisotopic (exact) mass is 318 g/mol. The topological polar surface area (TPSA) is 190 Å². The Labute approximate surface area is 124 Å². The molecule has 11 heteroatoms. The fourth-order valence-electron chi connectivity index (χ4n) is 1.78. The molecule has 11 nitrogen and oxygen atoms in total. The van der Waals surface area contributed by atoms with E-state index in [4.69, 9.17) is 10.8 Å². The standard InChI is InChI=1S/C11H16N4O6.H2O/c1-6(16)9(10(19)20)14(5-3-8(17)18)15-4-2-7(12)13-11(15)21;/h2,4,6,9,16H,3,5H2,1H3,(H,17,18)(H,19,20)(H2,12,13,21);1H2/t6-,9+;/m1./s1. The number of carboxylic acids is 2. The molecule has 0 aromatic carbocycles. The summed E-state index contributed by atoms with van der Waals surface area (Å²) in [6.07, 6.45) is -0.598. The molecular formula is C11H18N4O7. The average Bonchev–Trinajstić information content (AvgIpc) is 2.33. The highest BCUT2D eigenvalue weighted by atomic mass is 16.4. The van der Waals surface area contributed by atoms with E-state index in [1.807, 2.05) is 0 Å². The van der Waals surface area contributed by atoms with Crippen molar-refractivity contribution in [3.8, 4) is 0 Å². The maximum atomic E-state index is 11.8. The van der Waals surface area contributed by atoms with Crippen LogP contribution in [-0.4, -0.2) is 61.1 Å². The summed E-state index contributed by atoms with van der Waals surface area (Å²) in [6, 6.07) is -0.247. The zero-order valence-corrected chi connectivity index (χ0v) is 11.7. The van der Waals surface area contributed by atoms with Gasteiger partial charge >= 0.3 is 17.6 Å². The molecule has 22 heavy (non-hydrogen) atoms. The van der Waals surface area contributed by atoms with Crippen LogP contribution in [0.3, 0.4) is 0 Å². The Bertz CT molecular complexity index is 586. The molecule has 1 aromatic rings. The maximum absolute atomic E-state index is 11.8. The normalized spacial score (nSPS) is 12.8. The van der Waals surface area contributed by atoms with Crippen molar-refractivity contribution in [1.82, 2.24) is 9.66 Å². The van der Waals surface area contributed by atoms with Crippen LogP contribution in [0.15, 0.2) is 17.1 Å². The van der Waals surface area contributed by atoms with Gasteiger partial charge in [0.25, 0.3) is 0 Å². The minimum atomic E-state index is -1.51. The van der Waals surface area contributed by atoms with Crippen molar-refractivity contribution < 1.29 is 30.4 Å². The molecule has 0 aliphatic rings. The van der Waals surface area contributed by atoms with Gasteiger partial charge in [-0.3, -0.25) is 9.80 Å². The molecule has 7 N–H and O–H groups in total. The van der Waals surface area contributed by atoms with Gasteiger partial charge in [0.2, 0.25) is 0 Å². The third-order valence-corrected chi connectivity index (χ3v) is 2.67. The fourth-order valence-corrected chi connectivity index (χ4v) is 1.78. The Morgan fingerprint density at radius 3 is 2.45 bits per heavy atom. The molecule has 0 amide bonds. The number of aliphatic carboxylic acids is 2. The van der Waals surface area contributed by atoms with Crippen LogP contribution in [0.4, 0.5) is 5.82 Å². The SMILES string of the molecule is C[C@@H](O)[C@@H](C(=O)O)N(CCC(=O)O)n1ccc(N)nc1=O.O. The van der Waals surface area contributed by atoms with Crippen molar-refractivity contribution >= 4 is 17.8 Å². The van der Waals surface area contributed by atoms with E-state index in [1.54, 1.807) is 0 Å². The summed E-state index contributed by atoms with van der Waals surface area (Å²) < 4.78 is 0.824. The number of aliphatic hydroxyl groups is 1. The van der Waals surface area contributed by atoms with Gasteiger partial charge in [-0.1, -0.05) is 0 Å². The highest BCUT2D eigenvalue weighted by Crippen LogP contribution is 2.06. The van der Waals surface area contributed by atoms with Crippen LogP contribution < -0.4 is 16.4 Å². The zero-order chi connectivity index (χ0) is 16.2. The van der Waals surface area contributed by atoms with E-state index in [9.17, 15) is 24.6 Å². The molecule has 0 fully saturated rings. The van der Waals surface area contributed by atoms with E-state index in [0.717, 1.165) is 9.69 Å². The molecule has 0 unspecified atom stereocenters. The molecule has 0 saturated carbocycles. The molecular weight excluding hydrogens is 300 g/mol. The van der Waals surface area contributed by atoms with Gasteiger partial charge in [0, 0.05) is 12.7 Å². The van der Waals surface area contributed by atoms with Gasteiger partial charge < -0.3 is 26.5 Å². The van der Waals surface area contributed by atoms with E-state index >= 15 is 0 Å². The molecule has 0 aliphatic heterocycles. The van der Waals surface area contributed by atoms with E-state index in [0.29, 0.717) is 0 Å². The van der Waals surface area contributed by atoms with Crippen LogP contribution in [0, 0.1) is 0 Å². The van der Waals surface area contributed by atoms with Gasteiger partial charge in [-0.25, -0.2) is 14.3 Å². The van der Waals surface area contributed by atoms with Crippen molar-refractivity contribution in [3.05, 3.63) is 22.7 Å². The maximum Gasteiger partial charge on any atom is 0.368 e. The van der Waals surface area contributed by atoms with E-state index in [-0.39, 0.29) is 17.8 Å². The van der Waals surface area contributed by atoms with Crippen LogP contribution in [0.5, 0.6) is 0 Å². The number of nitrogens with two attached hydrogens (primary N) is 1. The van der Waals surface area contributed by atoms with Crippen molar-refractivity contribution in [3.63, 3.8) is 0 Å². The van der Waals surface area contributed by atoms with E-state index in [2.05, 4.69) is 4.98 Å². The predicted molar refractivity (Wildman–Crippen MR) is 75.0 cm³/mol. The lowest BCUT2D eigenvalue weighted by molar-refractivity contribution is -0.142. The highest BCUT2D eigenvalue weighted by Gasteiger charge is 2.31. The molecule has 1 aromatic heterocycles. The number of nitrogen functional groups attached to an aromatic ring is 1. The molecule has 124 valence electrons. The molecule has 0 bridgehead atoms. The number of aromatic nitrogens is 2. The van der Waals surface area contributed by atoms with Crippen molar-refractivity contribution in [2.24, 2.45) is 0 Å². The molecule has 1 heterocycles. The van der Waals surface area contributed by atoms with Crippen LogP contribution in [0.2, 0.25) is 0 Å². The molecule has 2 atom stereocenters. The molecule has 0 aliphatic carbocycles. The molecule has 0 saturated heterocycles. The Morgan fingerprint density at radius 2 is 2.05 bits per heavy atom. The number of anilines is 1. The minimum absolute atomic E-state index is 0. The van der Waals surface area contributed by atoms with Crippen molar-refractivity contribution in [1.29, 1.82) is 0 Å². The number of aliphatic hydroxyl groups excluding tert-OH is 1. The second-order valence-corrected chi connectivity index (χ2v) is 4.31. The Kier molecular flexibility index (Phi) is 6.99. The van der Waals surface area contributed by atoms with Gasteiger partial charge in [-0.15, -0.1) is 0 Å². The van der Waals surface area contributed by atoms with Gasteiger partial charge in [-0.2, -0.15) is 4.98 Å². The highest BCUT2D eigenvalue weighted by molar-refractivity contribution is 5.76. The molecule has 0 spiro atoms. The zero-order valence-electron chi connectivity index (χ0n) is 11.7. The lowest BCUT2D eigenvalue weighted by Crippen LogP contribution is -2.57. The lowest BCUT2D eigenvalue weighted by Gasteiger charge is -2.32. The van der Waals surface area contributed by atoms with Gasteiger partial charge in [0.15, 0.2) is 6.04 Å². The number of hydrogen-bond acceptors (Lipinski definition) is 7. The van der Waals surface area contributed by atoms with Gasteiger partial charge in [0.05, 0.1) is 12.5 Å². The summed E-state index contributed by atoms with van der Waals surface area (Å²) in [7, 11) is 0. The second-order valence-electron chi connectivity index (χ2n) is 4.31. The van der Waals surface area contributed by atoms with Crippen LogP contribution in [-0.2, 0) is 9.59 Å². The number of carboxylic acid groups (broad SMARTS) is 2. The summed E-state index contributed by atoms with van der Waals surface area (Å²) >= 11 is 0. The summed E-state index contributed by atoms with van der Waals surface area (Å²) in [5, 5.41) is 28.4. The van der Waals surface area contributed by atoms with Crippen molar-refractivity contribution in [2.45, 2.75) is 25.5 Å². The van der Waals surface area contributed by atoms with E-state index in [1.165, 1.54) is 19.2 Å². The number of carbonyl (C=O) groups is 2. The van der Waals surface area contributed by atoms with Gasteiger partial charge in [0.1, 0.15) is 5.82 Å². The summed E-state index contributed by atoms with van der Waals surface area (Å²) in [5.74, 6) is -2.64. The minimum Gasteiger partial charge on any atom is -0.481 e. The summed E-state index contributed by atoms with van der Waals surface area (Å²) in [5.41, 5.74) is 4.47. The average molecular weight is 318 g/mol. The Hall–Kier alpha value is -2.66. The molecule has 1 rings (SSSR count). The first-order valence-corrected chi connectivity index (χ1v) is 5.98. The first kappa shape index (κ1) is 19.3. The summed E-state index contributed by atoms with van der Waals surface area (Å²) in [4.78, 5) is 37.2. The lowest BCUT2D eigenvalue weighted by atomic mass is 10.1. The number of nitrogens with zero attached hydrogens (tertiary/aromatic N) is 3. The predicted octanol–water partition coefficient (Wildman–Crippen LogP) is -2.75. The van der Waals surface area contributed by atoms with E-state index < -0.39 is 36.2 Å². The first-order valence-electron chi connectivity index (χ1n) is 5.98. The Morgan fingerprint density at radius 1 is 1.45 bits per heavy atom. The first-order chi connectivity index (χ1) is 9.73. The third-order valence-electron chi connectivity index (χ3n) is 2.67. The summed E-state index contributed by atoms with van der Waals surface area (Å²) in [6.45, 7) is 0.922. The number of rotatable bonds is 7. The van der Waals surface area contributed by atoms with Crippen LogP contribution in [0.1, 0.15) is 13.3 Å². The molecule has 0 radical (unpaired) electrons. The van der Waals surface area contributed by atoms with Crippen LogP contribution in [0.25, 0.3) is 0 Å². The smallest absolute Gasteiger partial charge is 0.368 e. The third kappa shape index (κ3) is 4.71. The van der Waals surface area contributed by atoms with Crippen molar-refractivity contribution in [2.75, 3.05) is 17.3 Å². The fraction of sp³-hybridized carbons (Fsp3) is 0.455.